The standard InChI is InChI=1S/C30H23ClF2N2O5S/c1-3-39-28(37)24-25(18-7-5-4-6-8-18)34-30-35(26(24)19-10-12-20(31)13-11-19)27(36)23(41-30)16-17-9-14-21(40-29(32)33)22(15-17)38-2/h4-16,26,29H,3H2,1-2H3/b23-16+/t26-/m0/s1. The van der Waals surface area contributed by atoms with E-state index in [2.05, 4.69) is 4.74 Å². The van der Waals surface area contributed by atoms with Gasteiger partial charge in [-0.25, -0.2) is 9.79 Å². The molecular weight excluding hydrogens is 574 g/mol. The van der Waals surface area contributed by atoms with E-state index < -0.39 is 24.2 Å². The van der Waals surface area contributed by atoms with Crippen LogP contribution in [0.5, 0.6) is 11.5 Å². The van der Waals surface area contributed by atoms with Gasteiger partial charge in [0.05, 0.1) is 35.6 Å². The van der Waals surface area contributed by atoms with E-state index in [9.17, 15) is 18.4 Å². The van der Waals surface area contributed by atoms with Gasteiger partial charge in [0.2, 0.25) is 0 Å². The molecule has 210 valence electrons. The van der Waals surface area contributed by atoms with Crippen molar-refractivity contribution in [3.63, 3.8) is 0 Å². The van der Waals surface area contributed by atoms with Gasteiger partial charge in [-0.15, -0.1) is 0 Å². The van der Waals surface area contributed by atoms with E-state index >= 15 is 0 Å². The summed E-state index contributed by atoms with van der Waals surface area (Å²) < 4.78 is 42.5. The summed E-state index contributed by atoms with van der Waals surface area (Å²) in [6.07, 6.45) is 1.60. The molecule has 11 heteroatoms. The second-order valence-corrected chi connectivity index (χ2v) is 10.2. The van der Waals surface area contributed by atoms with Crippen molar-refractivity contribution < 1.29 is 27.8 Å². The minimum absolute atomic E-state index is 0.0850. The Balaban J connectivity index is 1.75. The maximum Gasteiger partial charge on any atom is 0.387 e. The van der Waals surface area contributed by atoms with Crippen molar-refractivity contribution in [2.45, 2.75) is 19.6 Å². The predicted octanol–water partition coefficient (Wildman–Crippen LogP) is 5.20. The van der Waals surface area contributed by atoms with Crippen LogP contribution in [0.1, 0.15) is 29.7 Å². The number of aromatic nitrogens is 1. The highest BCUT2D eigenvalue weighted by Crippen LogP contribution is 2.35. The second-order valence-electron chi connectivity index (χ2n) is 8.77. The monoisotopic (exact) mass is 596 g/mol. The molecule has 1 aromatic heterocycles. The van der Waals surface area contributed by atoms with E-state index in [1.54, 1.807) is 37.3 Å². The van der Waals surface area contributed by atoms with E-state index in [0.29, 0.717) is 36.7 Å². The van der Waals surface area contributed by atoms with E-state index in [4.69, 9.17) is 26.1 Å². The fourth-order valence-corrected chi connectivity index (χ4v) is 5.65. The molecule has 41 heavy (non-hydrogen) atoms. The number of thiazole rings is 1. The van der Waals surface area contributed by atoms with Crippen molar-refractivity contribution in [2.75, 3.05) is 13.7 Å². The smallest absolute Gasteiger partial charge is 0.387 e. The lowest BCUT2D eigenvalue weighted by molar-refractivity contribution is -0.138. The molecule has 0 aliphatic carbocycles. The molecule has 1 aliphatic rings. The van der Waals surface area contributed by atoms with Crippen LogP contribution >= 0.6 is 22.9 Å². The summed E-state index contributed by atoms with van der Waals surface area (Å²) in [6, 6.07) is 19.6. The van der Waals surface area contributed by atoms with E-state index in [-0.39, 0.29) is 23.7 Å². The average molecular weight is 597 g/mol. The van der Waals surface area contributed by atoms with Crippen molar-refractivity contribution in [1.82, 2.24) is 4.57 Å². The van der Waals surface area contributed by atoms with Crippen LogP contribution in [0.15, 0.2) is 88.2 Å². The summed E-state index contributed by atoms with van der Waals surface area (Å²) in [5.41, 5.74) is 2.07. The van der Waals surface area contributed by atoms with Gasteiger partial charge < -0.3 is 14.2 Å². The molecule has 0 amide bonds. The first kappa shape index (κ1) is 28.3. The summed E-state index contributed by atoms with van der Waals surface area (Å²) in [5.74, 6) is -0.638. The number of nitrogens with zero attached hydrogens (tertiary/aromatic N) is 2. The molecule has 0 radical (unpaired) electrons. The Hall–Kier alpha value is -4.28. The first-order valence-corrected chi connectivity index (χ1v) is 13.7. The zero-order valence-electron chi connectivity index (χ0n) is 21.8. The number of rotatable bonds is 8. The van der Waals surface area contributed by atoms with Crippen LogP contribution in [0.4, 0.5) is 8.78 Å². The topological polar surface area (TPSA) is 79.1 Å². The molecule has 0 bridgehead atoms. The van der Waals surface area contributed by atoms with Gasteiger partial charge in [-0.3, -0.25) is 9.36 Å². The van der Waals surface area contributed by atoms with Crippen LogP contribution in [-0.2, 0) is 9.53 Å². The highest BCUT2D eigenvalue weighted by Gasteiger charge is 2.35. The maximum absolute atomic E-state index is 13.9. The van der Waals surface area contributed by atoms with Crippen molar-refractivity contribution >= 4 is 40.7 Å². The molecule has 0 spiro atoms. The lowest BCUT2D eigenvalue weighted by Crippen LogP contribution is -2.40. The van der Waals surface area contributed by atoms with Gasteiger partial charge in [-0.1, -0.05) is 71.5 Å². The third-order valence-electron chi connectivity index (χ3n) is 6.26. The van der Waals surface area contributed by atoms with Crippen LogP contribution in [0.3, 0.4) is 0 Å². The summed E-state index contributed by atoms with van der Waals surface area (Å²) in [4.78, 5) is 32.6. The molecule has 1 aliphatic heterocycles. The number of fused-ring (bicyclic) bond motifs is 1. The van der Waals surface area contributed by atoms with E-state index in [0.717, 1.165) is 11.3 Å². The fourth-order valence-electron chi connectivity index (χ4n) is 4.52. The Bertz CT molecular complexity index is 1800. The quantitative estimate of drug-likeness (QED) is 0.261. The molecule has 3 aromatic carbocycles. The Morgan fingerprint density at radius 2 is 1.83 bits per heavy atom. The maximum atomic E-state index is 13.9. The largest absolute Gasteiger partial charge is 0.493 e. The van der Waals surface area contributed by atoms with Crippen molar-refractivity contribution in [2.24, 2.45) is 4.99 Å². The van der Waals surface area contributed by atoms with Gasteiger partial charge in [0.1, 0.15) is 0 Å². The molecule has 0 saturated carbocycles. The number of hydrogen-bond acceptors (Lipinski definition) is 7. The van der Waals surface area contributed by atoms with Crippen LogP contribution in [-0.4, -0.2) is 30.9 Å². The second kappa shape index (κ2) is 12.1. The first-order chi connectivity index (χ1) is 19.8. The molecule has 0 fully saturated rings. The number of hydrogen-bond donors (Lipinski definition) is 0. The molecule has 2 heterocycles. The molecule has 5 rings (SSSR count). The van der Waals surface area contributed by atoms with Crippen LogP contribution < -0.4 is 24.4 Å². The summed E-state index contributed by atoms with van der Waals surface area (Å²) in [5, 5.41) is 0.499. The van der Waals surface area contributed by atoms with Gasteiger partial charge >= 0.3 is 12.6 Å². The Kier molecular flexibility index (Phi) is 8.32. The molecule has 7 nitrogen and oxygen atoms in total. The summed E-state index contributed by atoms with van der Waals surface area (Å²) in [7, 11) is 1.33. The molecule has 4 aromatic rings. The Morgan fingerprint density at radius 3 is 2.49 bits per heavy atom. The van der Waals surface area contributed by atoms with Gasteiger partial charge in [-0.05, 0) is 48.4 Å². The highest BCUT2D eigenvalue weighted by atomic mass is 35.5. The number of carbonyl (C=O) groups is 1. The first-order valence-electron chi connectivity index (χ1n) is 12.5. The van der Waals surface area contributed by atoms with Gasteiger partial charge in [0, 0.05) is 10.6 Å². The van der Waals surface area contributed by atoms with Crippen molar-refractivity contribution in [1.29, 1.82) is 0 Å². The van der Waals surface area contributed by atoms with Crippen LogP contribution in [0.2, 0.25) is 5.02 Å². The zero-order chi connectivity index (χ0) is 29.1. The molecule has 1 atom stereocenters. The Morgan fingerprint density at radius 1 is 1.10 bits per heavy atom. The fraction of sp³-hybridized carbons (Fsp3) is 0.167. The van der Waals surface area contributed by atoms with E-state index in [1.165, 1.54) is 29.9 Å². The molecule has 0 N–H and O–H groups in total. The number of alkyl halides is 2. The van der Waals surface area contributed by atoms with Gasteiger partial charge in [-0.2, -0.15) is 8.78 Å². The molecule has 0 unspecified atom stereocenters. The minimum Gasteiger partial charge on any atom is -0.493 e. The summed E-state index contributed by atoms with van der Waals surface area (Å²) in [6.45, 7) is -1.17. The van der Waals surface area contributed by atoms with Gasteiger partial charge in [0.15, 0.2) is 16.3 Å². The van der Waals surface area contributed by atoms with E-state index in [1.807, 2.05) is 30.3 Å². The Labute approximate surface area is 242 Å². The lowest BCUT2D eigenvalue weighted by Gasteiger charge is -2.25. The van der Waals surface area contributed by atoms with Crippen molar-refractivity contribution in [3.8, 4) is 11.5 Å². The molecular formula is C30H23ClF2N2O5S. The summed E-state index contributed by atoms with van der Waals surface area (Å²) >= 11 is 7.29. The number of halogens is 3. The third kappa shape index (κ3) is 5.79. The van der Waals surface area contributed by atoms with Gasteiger partial charge in [0.25, 0.3) is 5.56 Å². The number of benzene rings is 3. The zero-order valence-corrected chi connectivity index (χ0v) is 23.4. The van der Waals surface area contributed by atoms with Crippen LogP contribution in [0, 0.1) is 0 Å². The third-order valence-corrected chi connectivity index (χ3v) is 7.50. The number of methoxy groups -OCH3 is 1. The normalized spacial score (nSPS) is 15.0. The van der Waals surface area contributed by atoms with Crippen LogP contribution in [0.25, 0.3) is 11.8 Å². The predicted molar refractivity (Wildman–Crippen MR) is 152 cm³/mol. The number of carbonyl (C=O) groups excluding carboxylic acids is 1. The lowest BCUT2D eigenvalue weighted by atomic mass is 9.93. The number of esters is 1. The molecule has 0 saturated heterocycles. The van der Waals surface area contributed by atoms with Crippen molar-refractivity contribution in [3.05, 3.63) is 120 Å². The number of ether oxygens (including phenoxy) is 3. The highest BCUT2D eigenvalue weighted by molar-refractivity contribution is 7.07. The average Bonchev–Trinajstić information content (AvgIpc) is 3.28. The minimum atomic E-state index is -3.02. The SMILES string of the molecule is CCOC(=O)C1=C(c2ccccc2)N=c2s/c(=C/c3ccc(OC(F)F)c(OC)c3)c(=O)n2[C@H]1c1ccc(Cl)cc1.